The first-order valence-corrected chi connectivity index (χ1v) is 6.72. The molecule has 1 rings (SSSR count). The van der Waals surface area contributed by atoms with Crippen LogP contribution in [-0.2, 0) is 4.79 Å². The van der Waals surface area contributed by atoms with Crippen LogP contribution in [0.15, 0.2) is 0 Å². The summed E-state index contributed by atoms with van der Waals surface area (Å²) in [6.45, 7) is 10.6. The van der Waals surface area contributed by atoms with Crippen LogP contribution in [0.4, 0.5) is 0 Å². The molecule has 0 spiro atoms. The highest BCUT2D eigenvalue weighted by Gasteiger charge is 2.23. The van der Waals surface area contributed by atoms with Crippen LogP contribution in [0.1, 0.15) is 33.6 Å². The van der Waals surface area contributed by atoms with Crippen LogP contribution in [0, 0.1) is 11.8 Å². The van der Waals surface area contributed by atoms with Gasteiger partial charge in [-0.15, -0.1) is 0 Å². The SMILES string of the molecule is CC(C)CN1CCC(CNC(=O)CC(C)N)C1. The maximum absolute atomic E-state index is 11.5. The first-order chi connectivity index (χ1) is 7.97. The number of nitrogens with zero attached hydrogens (tertiary/aromatic N) is 1. The van der Waals surface area contributed by atoms with Crippen molar-refractivity contribution in [1.29, 1.82) is 0 Å². The van der Waals surface area contributed by atoms with Crippen molar-refractivity contribution in [3.63, 3.8) is 0 Å². The lowest BCUT2D eigenvalue weighted by molar-refractivity contribution is -0.121. The average Bonchev–Trinajstić information content (AvgIpc) is 2.60. The van der Waals surface area contributed by atoms with Gasteiger partial charge in [0.1, 0.15) is 0 Å². The van der Waals surface area contributed by atoms with Crippen LogP contribution >= 0.6 is 0 Å². The molecular weight excluding hydrogens is 214 g/mol. The van der Waals surface area contributed by atoms with Gasteiger partial charge in [-0.05, 0) is 31.7 Å². The molecule has 0 aliphatic carbocycles. The maximum atomic E-state index is 11.5. The van der Waals surface area contributed by atoms with E-state index in [9.17, 15) is 4.79 Å². The van der Waals surface area contributed by atoms with Crippen LogP contribution in [0.5, 0.6) is 0 Å². The Morgan fingerprint density at radius 3 is 2.76 bits per heavy atom. The smallest absolute Gasteiger partial charge is 0.221 e. The topological polar surface area (TPSA) is 58.4 Å². The number of likely N-dealkylation sites (tertiary alicyclic amines) is 1. The first-order valence-electron chi connectivity index (χ1n) is 6.72. The van der Waals surface area contributed by atoms with Crippen molar-refractivity contribution in [2.45, 2.75) is 39.7 Å². The van der Waals surface area contributed by atoms with Gasteiger partial charge in [-0.1, -0.05) is 13.8 Å². The first kappa shape index (κ1) is 14.5. The molecule has 1 fully saturated rings. The summed E-state index contributed by atoms with van der Waals surface area (Å²) in [7, 11) is 0. The zero-order valence-electron chi connectivity index (χ0n) is 11.4. The van der Waals surface area contributed by atoms with E-state index in [0.717, 1.165) is 19.0 Å². The van der Waals surface area contributed by atoms with Gasteiger partial charge in [-0.3, -0.25) is 4.79 Å². The van der Waals surface area contributed by atoms with E-state index in [1.165, 1.54) is 19.5 Å². The molecule has 0 saturated carbocycles. The average molecular weight is 241 g/mol. The molecular formula is C13H27N3O. The fraction of sp³-hybridized carbons (Fsp3) is 0.923. The fourth-order valence-electron chi connectivity index (χ4n) is 2.38. The van der Waals surface area contributed by atoms with E-state index < -0.39 is 0 Å². The van der Waals surface area contributed by atoms with Crippen molar-refractivity contribution in [2.24, 2.45) is 17.6 Å². The molecule has 100 valence electrons. The summed E-state index contributed by atoms with van der Waals surface area (Å²) in [5, 5.41) is 2.98. The number of hydrogen-bond acceptors (Lipinski definition) is 3. The maximum Gasteiger partial charge on any atom is 0.221 e. The summed E-state index contributed by atoms with van der Waals surface area (Å²) in [5.41, 5.74) is 5.58. The Kier molecular flexibility index (Phi) is 5.92. The number of nitrogens with two attached hydrogens (primary N) is 1. The molecule has 1 heterocycles. The lowest BCUT2D eigenvalue weighted by Crippen LogP contribution is -2.34. The van der Waals surface area contributed by atoms with Gasteiger partial charge in [0.05, 0.1) is 0 Å². The summed E-state index contributed by atoms with van der Waals surface area (Å²) in [5.74, 6) is 1.43. The van der Waals surface area contributed by atoms with Crippen LogP contribution in [0.25, 0.3) is 0 Å². The summed E-state index contributed by atoms with van der Waals surface area (Å²) in [4.78, 5) is 14.0. The van der Waals surface area contributed by atoms with Crippen molar-refractivity contribution in [3.05, 3.63) is 0 Å². The molecule has 4 nitrogen and oxygen atoms in total. The summed E-state index contributed by atoms with van der Waals surface area (Å²) >= 11 is 0. The highest BCUT2D eigenvalue weighted by atomic mass is 16.1. The van der Waals surface area contributed by atoms with Gasteiger partial charge >= 0.3 is 0 Å². The van der Waals surface area contributed by atoms with E-state index in [2.05, 4.69) is 24.1 Å². The third-order valence-corrected chi connectivity index (χ3v) is 3.09. The largest absolute Gasteiger partial charge is 0.356 e. The summed E-state index contributed by atoms with van der Waals surface area (Å²) < 4.78 is 0. The number of carbonyl (C=O) groups is 1. The zero-order chi connectivity index (χ0) is 12.8. The highest BCUT2D eigenvalue weighted by molar-refractivity contribution is 5.76. The van der Waals surface area contributed by atoms with E-state index in [1.807, 2.05) is 6.92 Å². The van der Waals surface area contributed by atoms with Gasteiger partial charge in [0, 0.05) is 32.1 Å². The Balaban J connectivity index is 2.15. The second-order valence-electron chi connectivity index (χ2n) is 5.79. The minimum atomic E-state index is -0.0454. The van der Waals surface area contributed by atoms with Crippen molar-refractivity contribution in [2.75, 3.05) is 26.2 Å². The van der Waals surface area contributed by atoms with Gasteiger partial charge in [-0.2, -0.15) is 0 Å². The van der Waals surface area contributed by atoms with Gasteiger partial charge in [0.25, 0.3) is 0 Å². The lowest BCUT2D eigenvalue weighted by atomic mass is 10.1. The minimum Gasteiger partial charge on any atom is -0.356 e. The molecule has 0 aromatic heterocycles. The van der Waals surface area contributed by atoms with Crippen molar-refractivity contribution in [1.82, 2.24) is 10.2 Å². The lowest BCUT2D eigenvalue weighted by Gasteiger charge is -2.18. The minimum absolute atomic E-state index is 0.0454. The molecule has 0 bridgehead atoms. The van der Waals surface area contributed by atoms with Gasteiger partial charge < -0.3 is 16.0 Å². The summed E-state index contributed by atoms with van der Waals surface area (Å²) in [6.07, 6.45) is 1.63. The number of hydrogen-bond donors (Lipinski definition) is 2. The summed E-state index contributed by atoms with van der Waals surface area (Å²) in [6, 6.07) is -0.0454. The predicted octanol–water partition coefficient (Wildman–Crippen LogP) is 0.818. The predicted molar refractivity (Wildman–Crippen MR) is 70.7 cm³/mol. The number of amides is 1. The number of rotatable bonds is 6. The molecule has 1 saturated heterocycles. The molecule has 2 unspecified atom stereocenters. The second-order valence-corrected chi connectivity index (χ2v) is 5.79. The Morgan fingerprint density at radius 1 is 1.47 bits per heavy atom. The number of nitrogens with one attached hydrogen (secondary N) is 1. The Labute approximate surface area is 105 Å². The molecule has 0 radical (unpaired) electrons. The van der Waals surface area contributed by atoms with Crippen LogP contribution in [0.3, 0.4) is 0 Å². The third kappa shape index (κ3) is 6.03. The molecule has 1 aliphatic rings. The zero-order valence-corrected chi connectivity index (χ0v) is 11.4. The van der Waals surface area contributed by atoms with Crippen molar-refractivity contribution in [3.8, 4) is 0 Å². The molecule has 4 heteroatoms. The van der Waals surface area contributed by atoms with E-state index in [4.69, 9.17) is 5.73 Å². The van der Waals surface area contributed by atoms with Gasteiger partial charge in [0.2, 0.25) is 5.91 Å². The Morgan fingerprint density at radius 2 is 2.18 bits per heavy atom. The molecule has 17 heavy (non-hydrogen) atoms. The Hall–Kier alpha value is -0.610. The normalized spacial score (nSPS) is 23.0. The van der Waals surface area contributed by atoms with E-state index in [-0.39, 0.29) is 11.9 Å². The standard InChI is InChI=1S/C13H27N3O/c1-10(2)8-16-5-4-12(9-16)7-15-13(17)6-11(3)14/h10-12H,4-9,14H2,1-3H3,(H,15,17). The molecule has 0 aromatic rings. The molecule has 2 atom stereocenters. The van der Waals surface area contributed by atoms with Crippen molar-refractivity contribution >= 4 is 5.91 Å². The third-order valence-electron chi connectivity index (χ3n) is 3.09. The van der Waals surface area contributed by atoms with Crippen LogP contribution in [-0.4, -0.2) is 43.0 Å². The van der Waals surface area contributed by atoms with Crippen LogP contribution < -0.4 is 11.1 Å². The van der Waals surface area contributed by atoms with Gasteiger partial charge in [-0.25, -0.2) is 0 Å². The fourth-order valence-corrected chi connectivity index (χ4v) is 2.38. The monoisotopic (exact) mass is 241 g/mol. The van der Waals surface area contributed by atoms with E-state index in [0.29, 0.717) is 12.3 Å². The Bertz CT molecular complexity index is 241. The number of carbonyl (C=O) groups excluding carboxylic acids is 1. The van der Waals surface area contributed by atoms with Crippen LogP contribution in [0.2, 0.25) is 0 Å². The quantitative estimate of drug-likeness (QED) is 0.724. The molecule has 1 aliphatic heterocycles. The molecule has 0 aromatic carbocycles. The van der Waals surface area contributed by atoms with E-state index >= 15 is 0 Å². The highest BCUT2D eigenvalue weighted by Crippen LogP contribution is 2.16. The molecule has 1 amide bonds. The molecule has 3 N–H and O–H groups in total. The van der Waals surface area contributed by atoms with E-state index in [1.54, 1.807) is 0 Å². The van der Waals surface area contributed by atoms with Gasteiger partial charge in [0.15, 0.2) is 0 Å². The van der Waals surface area contributed by atoms with Crippen molar-refractivity contribution < 1.29 is 4.79 Å². The second kappa shape index (κ2) is 6.97.